The molecule has 0 saturated carbocycles. The van der Waals surface area contributed by atoms with Gasteiger partial charge in [-0.05, 0) is 49.3 Å². The lowest BCUT2D eigenvalue weighted by Crippen LogP contribution is -2.44. The van der Waals surface area contributed by atoms with Crippen molar-refractivity contribution in [3.05, 3.63) is 70.3 Å². The van der Waals surface area contributed by atoms with Crippen LogP contribution in [0.5, 0.6) is 0 Å². The second-order valence-electron chi connectivity index (χ2n) is 8.60. The number of piperidine rings is 1. The SMILES string of the molecule is O=C([C@H](Cc1ccccc1)C[C@H](O)CNS(=O)c1ccc([N+](=O)[O-])cc1)N1CCC(CO)CC1. The van der Waals surface area contributed by atoms with E-state index in [0.29, 0.717) is 24.4 Å². The number of nitrogens with zero attached hydrogens (tertiary/aromatic N) is 2. The molecule has 0 aliphatic carbocycles. The van der Waals surface area contributed by atoms with E-state index in [2.05, 4.69) is 4.72 Å². The molecule has 1 aliphatic rings. The Bertz CT molecular complexity index is 964. The summed E-state index contributed by atoms with van der Waals surface area (Å²) < 4.78 is 15.2. The van der Waals surface area contributed by atoms with E-state index >= 15 is 0 Å². The highest BCUT2D eigenvalue weighted by molar-refractivity contribution is 7.83. The molecule has 0 bridgehead atoms. The minimum absolute atomic E-state index is 0.00869. The number of aliphatic hydroxyl groups excluding tert-OH is 2. The molecule has 1 aliphatic heterocycles. The van der Waals surface area contributed by atoms with Gasteiger partial charge in [0.2, 0.25) is 5.91 Å². The van der Waals surface area contributed by atoms with Crippen molar-refractivity contribution < 1.29 is 24.1 Å². The van der Waals surface area contributed by atoms with Gasteiger partial charge in [-0.15, -0.1) is 0 Å². The van der Waals surface area contributed by atoms with Crippen molar-refractivity contribution in [1.82, 2.24) is 9.62 Å². The molecular formula is C24H31N3O6S. The van der Waals surface area contributed by atoms with Gasteiger partial charge < -0.3 is 15.1 Å². The van der Waals surface area contributed by atoms with Crippen LogP contribution in [0.1, 0.15) is 24.8 Å². The number of hydrogen-bond acceptors (Lipinski definition) is 6. The molecule has 3 rings (SSSR count). The Morgan fingerprint density at radius 3 is 2.38 bits per heavy atom. The lowest BCUT2D eigenvalue weighted by atomic mass is 9.90. The summed E-state index contributed by atoms with van der Waals surface area (Å²) >= 11 is 0. The van der Waals surface area contributed by atoms with Gasteiger partial charge in [-0.2, -0.15) is 0 Å². The van der Waals surface area contributed by atoms with Crippen molar-refractivity contribution in [3.8, 4) is 0 Å². The molecule has 34 heavy (non-hydrogen) atoms. The Labute approximate surface area is 201 Å². The van der Waals surface area contributed by atoms with Crippen molar-refractivity contribution in [2.75, 3.05) is 26.2 Å². The standard InChI is InChI=1S/C24H31N3O6S/c28-17-19-10-12-26(13-11-19)24(30)20(14-18-4-2-1-3-5-18)15-22(29)16-25-34(33)23-8-6-21(7-9-23)27(31)32/h1-9,19-20,22,25,28-29H,10-17H2/t20-,22+,34?/m1/s1. The molecule has 3 atom stereocenters. The Hall–Kier alpha value is -2.66. The zero-order chi connectivity index (χ0) is 24.5. The monoisotopic (exact) mass is 489 g/mol. The van der Waals surface area contributed by atoms with Crippen LogP contribution in [-0.4, -0.2) is 62.5 Å². The van der Waals surface area contributed by atoms with E-state index in [4.69, 9.17) is 0 Å². The first kappa shape index (κ1) is 26.0. The number of carbonyl (C=O) groups is 1. The molecule has 1 unspecified atom stereocenters. The molecule has 1 fully saturated rings. The van der Waals surface area contributed by atoms with Crippen molar-refractivity contribution in [1.29, 1.82) is 0 Å². The average molecular weight is 490 g/mol. The lowest BCUT2D eigenvalue weighted by molar-refractivity contribution is -0.384. The number of hydrogen-bond donors (Lipinski definition) is 3. The number of rotatable bonds is 11. The van der Waals surface area contributed by atoms with Crippen LogP contribution in [0.25, 0.3) is 0 Å². The van der Waals surface area contributed by atoms with Gasteiger partial charge in [0.1, 0.15) is 11.0 Å². The first-order valence-corrected chi connectivity index (χ1v) is 12.5. The van der Waals surface area contributed by atoms with Crippen LogP contribution in [0.15, 0.2) is 59.5 Å². The summed E-state index contributed by atoms with van der Waals surface area (Å²) in [5, 5.41) is 30.8. The van der Waals surface area contributed by atoms with Crippen LogP contribution in [0, 0.1) is 22.0 Å². The van der Waals surface area contributed by atoms with Gasteiger partial charge >= 0.3 is 0 Å². The quantitative estimate of drug-likeness (QED) is 0.327. The first-order valence-electron chi connectivity index (χ1n) is 11.4. The number of likely N-dealkylation sites (tertiary alicyclic amines) is 1. The highest BCUT2D eigenvalue weighted by Gasteiger charge is 2.30. The Balaban J connectivity index is 1.60. The topological polar surface area (TPSA) is 133 Å². The van der Waals surface area contributed by atoms with E-state index in [9.17, 15) is 29.3 Å². The van der Waals surface area contributed by atoms with Crippen LogP contribution < -0.4 is 4.72 Å². The van der Waals surface area contributed by atoms with E-state index in [-0.39, 0.29) is 37.1 Å². The number of nitrogens with one attached hydrogen (secondary N) is 1. The van der Waals surface area contributed by atoms with Crippen molar-refractivity contribution >= 4 is 22.6 Å². The minimum Gasteiger partial charge on any atom is -0.396 e. The Morgan fingerprint density at radius 1 is 1.15 bits per heavy atom. The number of aliphatic hydroxyl groups is 2. The molecule has 1 saturated heterocycles. The van der Waals surface area contributed by atoms with Gasteiger partial charge in [-0.3, -0.25) is 14.9 Å². The van der Waals surface area contributed by atoms with E-state index < -0.39 is 27.9 Å². The molecule has 184 valence electrons. The maximum absolute atomic E-state index is 13.3. The molecule has 10 heteroatoms. The third-order valence-electron chi connectivity index (χ3n) is 6.13. The molecule has 2 aromatic carbocycles. The van der Waals surface area contributed by atoms with E-state index in [1.807, 2.05) is 35.2 Å². The molecule has 1 heterocycles. The Kier molecular flexibility index (Phi) is 9.70. The van der Waals surface area contributed by atoms with Gasteiger partial charge in [0.05, 0.1) is 15.9 Å². The zero-order valence-electron chi connectivity index (χ0n) is 18.9. The number of benzene rings is 2. The summed E-state index contributed by atoms with van der Waals surface area (Å²) in [5.74, 6) is -0.228. The molecule has 0 spiro atoms. The summed E-state index contributed by atoms with van der Waals surface area (Å²) in [4.78, 5) is 25.7. The van der Waals surface area contributed by atoms with Crippen LogP contribution in [0.4, 0.5) is 5.69 Å². The average Bonchev–Trinajstić information content (AvgIpc) is 2.87. The molecular weight excluding hydrogens is 458 g/mol. The normalized spacial score (nSPS) is 17.2. The van der Waals surface area contributed by atoms with Crippen LogP contribution in [0.2, 0.25) is 0 Å². The second kappa shape index (κ2) is 12.7. The maximum Gasteiger partial charge on any atom is 0.269 e. The third kappa shape index (κ3) is 7.42. The number of carbonyl (C=O) groups excluding carboxylic acids is 1. The van der Waals surface area contributed by atoms with E-state index in [1.165, 1.54) is 24.3 Å². The fraction of sp³-hybridized carbons (Fsp3) is 0.458. The highest BCUT2D eigenvalue weighted by atomic mass is 32.2. The summed E-state index contributed by atoms with van der Waals surface area (Å²) in [6, 6.07) is 15.0. The maximum atomic E-state index is 13.3. The number of nitro groups is 1. The van der Waals surface area contributed by atoms with Crippen molar-refractivity contribution in [3.63, 3.8) is 0 Å². The molecule has 0 radical (unpaired) electrons. The molecule has 3 N–H and O–H groups in total. The zero-order valence-corrected chi connectivity index (χ0v) is 19.7. The summed E-state index contributed by atoms with van der Waals surface area (Å²) in [5.41, 5.74) is 0.909. The van der Waals surface area contributed by atoms with Crippen molar-refractivity contribution in [2.45, 2.75) is 36.7 Å². The predicted molar refractivity (Wildman–Crippen MR) is 128 cm³/mol. The van der Waals surface area contributed by atoms with Gasteiger partial charge in [0.25, 0.3) is 5.69 Å². The third-order valence-corrected chi connectivity index (χ3v) is 7.26. The largest absolute Gasteiger partial charge is 0.396 e. The van der Waals surface area contributed by atoms with Gasteiger partial charge in [0, 0.05) is 44.3 Å². The molecule has 0 aromatic heterocycles. The van der Waals surface area contributed by atoms with Crippen LogP contribution in [0.3, 0.4) is 0 Å². The van der Waals surface area contributed by atoms with Gasteiger partial charge in [-0.1, -0.05) is 30.3 Å². The number of non-ortho nitro benzene ring substituents is 1. The van der Waals surface area contributed by atoms with Crippen LogP contribution in [-0.2, 0) is 22.2 Å². The predicted octanol–water partition coefficient (Wildman–Crippen LogP) is 2.05. The fourth-order valence-electron chi connectivity index (χ4n) is 4.12. The van der Waals surface area contributed by atoms with E-state index in [1.54, 1.807) is 0 Å². The second-order valence-corrected chi connectivity index (χ2v) is 9.89. The van der Waals surface area contributed by atoms with Crippen LogP contribution >= 0.6 is 0 Å². The minimum atomic E-state index is -1.65. The van der Waals surface area contributed by atoms with Gasteiger partial charge in [0.15, 0.2) is 0 Å². The van der Waals surface area contributed by atoms with Gasteiger partial charge in [-0.25, -0.2) is 8.93 Å². The smallest absolute Gasteiger partial charge is 0.269 e. The number of nitro benzene ring substituents is 1. The fourth-order valence-corrected chi connectivity index (χ4v) is 5.02. The molecule has 1 amide bonds. The number of amides is 1. The van der Waals surface area contributed by atoms with E-state index in [0.717, 1.165) is 18.4 Å². The first-order chi connectivity index (χ1) is 16.4. The molecule has 2 aromatic rings. The Morgan fingerprint density at radius 2 is 1.79 bits per heavy atom. The van der Waals surface area contributed by atoms with Crippen molar-refractivity contribution in [2.24, 2.45) is 11.8 Å². The summed E-state index contributed by atoms with van der Waals surface area (Å²) in [6.45, 7) is 1.32. The highest BCUT2D eigenvalue weighted by Crippen LogP contribution is 2.23. The summed E-state index contributed by atoms with van der Waals surface area (Å²) in [7, 11) is -1.65. The summed E-state index contributed by atoms with van der Waals surface area (Å²) in [6.07, 6.45) is 1.31. The molecule has 9 nitrogen and oxygen atoms in total. The lowest BCUT2D eigenvalue weighted by Gasteiger charge is -2.34.